The third-order valence-electron chi connectivity index (χ3n) is 2.79. The summed E-state index contributed by atoms with van der Waals surface area (Å²) in [6.45, 7) is 3.32. The van der Waals surface area contributed by atoms with Crippen molar-refractivity contribution < 1.29 is 14.2 Å². The van der Waals surface area contributed by atoms with Gasteiger partial charge in [-0.15, -0.1) is 0 Å². The highest BCUT2D eigenvalue weighted by Gasteiger charge is 2.13. The summed E-state index contributed by atoms with van der Waals surface area (Å²) < 4.78 is 15.6. The second-order valence-electron chi connectivity index (χ2n) is 4.50. The smallest absolute Gasteiger partial charge is 0.231 e. The summed E-state index contributed by atoms with van der Waals surface area (Å²) in [5.41, 5.74) is 3.56. The minimum Gasteiger partial charge on any atom is -0.454 e. The Bertz CT molecular complexity index is 479. The van der Waals surface area contributed by atoms with E-state index in [1.54, 1.807) is 7.11 Å². The molecule has 0 aliphatic carbocycles. The van der Waals surface area contributed by atoms with Gasteiger partial charge in [0.1, 0.15) is 0 Å². The molecule has 0 saturated heterocycles. The molecule has 1 aliphatic heterocycles. The molecule has 4 N–H and O–H groups in total. The zero-order valence-electron chi connectivity index (χ0n) is 11.7. The van der Waals surface area contributed by atoms with Gasteiger partial charge >= 0.3 is 0 Å². The van der Waals surface area contributed by atoms with Gasteiger partial charge in [-0.3, -0.25) is 5.43 Å². The van der Waals surface area contributed by atoms with Crippen molar-refractivity contribution in [3.05, 3.63) is 23.8 Å². The fourth-order valence-electron chi connectivity index (χ4n) is 1.87. The van der Waals surface area contributed by atoms with Gasteiger partial charge in [0, 0.05) is 13.2 Å². The molecule has 1 unspecified atom stereocenters. The van der Waals surface area contributed by atoms with Crippen LogP contribution >= 0.6 is 0 Å². The van der Waals surface area contributed by atoms with Crippen molar-refractivity contribution in [1.82, 2.24) is 10.7 Å². The highest BCUT2D eigenvalue weighted by Crippen LogP contribution is 2.32. The van der Waals surface area contributed by atoms with Gasteiger partial charge in [-0.05, 0) is 24.6 Å². The quantitative estimate of drug-likeness (QED) is 0.312. The number of hydrogen-bond donors (Lipinski definition) is 3. The SMILES string of the molecule is COCC(C)NC(=NCc1ccc2c(c1)OCO2)NN. The molecule has 1 aromatic carbocycles. The van der Waals surface area contributed by atoms with Crippen LogP contribution in [0.3, 0.4) is 0 Å². The Labute approximate surface area is 118 Å². The average molecular weight is 280 g/mol. The van der Waals surface area contributed by atoms with Crippen LogP contribution in [0.5, 0.6) is 11.5 Å². The Balaban J connectivity index is 1.95. The van der Waals surface area contributed by atoms with Crippen molar-refractivity contribution in [2.75, 3.05) is 20.5 Å². The molecule has 0 spiro atoms. The van der Waals surface area contributed by atoms with E-state index in [1.807, 2.05) is 25.1 Å². The molecule has 7 nitrogen and oxygen atoms in total. The molecule has 0 amide bonds. The lowest BCUT2D eigenvalue weighted by Crippen LogP contribution is -2.46. The Hall–Kier alpha value is -1.99. The largest absolute Gasteiger partial charge is 0.454 e. The standard InChI is InChI=1S/C13H20N4O3/c1-9(7-18-2)16-13(17-14)15-6-10-3-4-11-12(5-10)20-8-19-11/h3-5,9H,6-8,14H2,1-2H3,(H2,15,16,17). The predicted octanol–water partition coefficient (Wildman–Crippen LogP) is 0.359. The van der Waals surface area contributed by atoms with Gasteiger partial charge in [-0.25, -0.2) is 10.8 Å². The van der Waals surface area contributed by atoms with Crippen LogP contribution in [-0.2, 0) is 11.3 Å². The fourth-order valence-corrected chi connectivity index (χ4v) is 1.87. The molecule has 1 heterocycles. The van der Waals surface area contributed by atoms with Crippen LogP contribution in [0.1, 0.15) is 12.5 Å². The number of hydrogen-bond acceptors (Lipinski definition) is 5. The lowest BCUT2D eigenvalue weighted by molar-refractivity contribution is 0.174. The number of nitrogens with zero attached hydrogens (tertiary/aromatic N) is 1. The van der Waals surface area contributed by atoms with Crippen LogP contribution in [0.15, 0.2) is 23.2 Å². The predicted molar refractivity (Wildman–Crippen MR) is 75.5 cm³/mol. The van der Waals surface area contributed by atoms with E-state index < -0.39 is 0 Å². The van der Waals surface area contributed by atoms with Crippen molar-refractivity contribution in [2.45, 2.75) is 19.5 Å². The molecule has 1 atom stereocenters. The van der Waals surface area contributed by atoms with E-state index in [4.69, 9.17) is 20.1 Å². The topological polar surface area (TPSA) is 90.1 Å². The molecular weight excluding hydrogens is 260 g/mol. The summed E-state index contributed by atoms with van der Waals surface area (Å²) in [6, 6.07) is 5.86. The van der Waals surface area contributed by atoms with Crippen LogP contribution in [0, 0.1) is 0 Å². The van der Waals surface area contributed by atoms with E-state index in [0.29, 0.717) is 19.1 Å². The fraction of sp³-hybridized carbons (Fsp3) is 0.462. The van der Waals surface area contributed by atoms with Gasteiger partial charge in [0.25, 0.3) is 0 Å². The summed E-state index contributed by atoms with van der Waals surface area (Å²) >= 11 is 0. The second kappa shape index (κ2) is 6.97. The molecule has 0 aromatic heterocycles. The van der Waals surface area contributed by atoms with Gasteiger partial charge in [0.2, 0.25) is 12.8 Å². The molecule has 1 aromatic rings. The van der Waals surface area contributed by atoms with Crippen LogP contribution in [0.4, 0.5) is 0 Å². The number of rotatable bonds is 5. The number of fused-ring (bicyclic) bond motifs is 1. The Morgan fingerprint density at radius 2 is 2.25 bits per heavy atom. The van der Waals surface area contributed by atoms with E-state index in [9.17, 15) is 0 Å². The lowest BCUT2D eigenvalue weighted by Gasteiger charge is -2.15. The van der Waals surface area contributed by atoms with Gasteiger partial charge in [0.05, 0.1) is 13.2 Å². The van der Waals surface area contributed by atoms with Crippen LogP contribution in [-0.4, -0.2) is 32.5 Å². The first-order chi connectivity index (χ1) is 9.72. The summed E-state index contributed by atoms with van der Waals surface area (Å²) in [7, 11) is 1.65. The summed E-state index contributed by atoms with van der Waals surface area (Å²) in [4.78, 5) is 4.38. The first-order valence-electron chi connectivity index (χ1n) is 6.38. The molecular formula is C13H20N4O3. The molecule has 0 saturated carbocycles. The summed E-state index contributed by atoms with van der Waals surface area (Å²) in [5, 5.41) is 3.12. The number of hydrazine groups is 1. The first kappa shape index (κ1) is 14.4. The molecule has 110 valence electrons. The van der Waals surface area contributed by atoms with Crippen molar-refractivity contribution >= 4 is 5.96 Å². The minimum absolute atomic E-state index is 0.117. The Morgan fingerprint density at radius 1 is 1.45 bits per heavy atom. The minimum atomic E-state index is 0.117. The second-order valence-corrected chi connectivity index (χ2v) is 4.50. The number of benzene rings is 1. The average Bonchev–Trinajstić information content (AvgIpc) is 2.91. The number of methoxy groups -OCH3 is 1. The summed E-state index contributed by atoms with van der Waals surface area (Å²) in [5.74, 6) is 7.48. The third kappa shape index (κ3) is 3.75. The van der Waals surface area contributed by atoms with E-state index >= 15 is 0 Å². The highest BCUT2D eigenvalue weighted by molar-refractivity contribution is 5.79. The number of nitrogens with two attached hydrogens (primary N) is 1. The lowest BCUT2D eigenvalue weighted by atomic mass is 10.2. The van der Waals surface area contributed by atoms with Crippen LogP contribution < -0.4 is 26.1 Å². The van der Waals surface area contributed by atoms with Crippen molar-refractivity contribution in [3.8, 4) is 11.5 Å². The molecule has 0 fully saturated rings. The zero-order valence-corrected chi connectivity index (χ0v) is 11.7. The van der Waals surface area contributed by atoms with E-state index in [1.165, 1.54) is 0 Å². The van der Waals surface area contributed by atoms with Gasteiger partial charge < -0.3 is 19.5 Å². The van der Waals surface area contributed by atoms with Crippen molar-refractivity contribution in [3.63, 3.8) is 0 Å². The maximum absolute atomic E-state index is 5.44. The monoisotopic (exact) mass is 280 g/mol. The summed E-state index contributed by atoms with van der Waals surface area (Å²) in [6.07, 6.45) is 0. The highest BCUT2D eigenvalue weighted by atomic mass is 16.7. The van der Waals surface area contributed by atoms with E-state index in [2.05, 4.69) is 15.7 Å². The maximum Gasteiger partial charge on any atom is 0.231 e. The van der Waals surface area contributed by atoms with Gasteiger partial charge in [0.15, 0.2) is 11.5 Å². The van der Waals surface area contributed by atoms with E-state index in [0.717, 1.165) is 17.1 Å². The Kier molecular flexibility index (Phi) is 5.03. The molecule has 0 radical (unpaired) electrons. The molecule has 20 heavy (non-hydrogen) atoms. The first-order valence-corrected chi connectivity index (χ1v) is 6.38. The number of nitrogens with one attached hydrogen (secondary N) is 2. The van der Waals surface area contributed by atoms with Gasteiger partial charge in [-0.2, -0.15) is 0 Å². The molecule has 1 aliphatic rings. The van der Waals surface area contributed by atoms with Crippen molar-refractivity contribution in [2.24, 2.45) is 10.8 Å². The number of guanidine groups is 1. The van der Waals surface area contributed by atoms with Crippen LogP contribution in [0.2, 0.25) is 0 Å². The van der Waals surface area contributed by atoms with E-state index in [-0.39, 0.29) is 12.8 Å². The van der Waals surface area contributed by atoms with Crippen molar-refractivity contribution in [1.29, 1.82) is 0 Å². The third-order valence-corrected chi connectivity index (χ3v) is 2.79. The van der Waals surface area contributed by atoms with Crippen LogP contribution in [0.25, 0.3) is 0 Å². The molecule has 2 rings (SSSR count). The maximum atomic E-state index is 5.44. The zero-order chi connectivity index (χ0) is 14.4. The van der Waals surface area contributed by atoms with Gasteiger partial charge in [-0.1, -0.05) is 6.07 Å². The number of ether oxygens (including phenoxy) is 3. The normalized spacial score (nSPS) is 15.1. The molecule has 7 heteroatoms. The number of aliphatic imine (C=N–C) groups is 1. The Morgan fingerprint density at radius 3 is 3.00 bits per heavy atom. The molecule has 0 bridgehead atoms.